The molecule has 7 nitrogen and oxygen atoms in total. The van der Waals surface area contributed by atoms with Crippen LogP contribution in [0.15, 0.2) is 69.3 Å². The lowest BCUT2D eigenvalue weighted by Gasteiger charge is -2.33. The van der Waals surface area contributed by atoms with Crippen LogP contribution in [0, 0.1) is 0 Å². The highest BCUT2D eigenvalue weighted by Crippen LogP contribution is 2.23. The van der Waals surface area contributed by atoms with Crippen LogP contribution >= 0.6 is 11.9 Å². The minimum atomic E-state index is -0.464. The zero-order chi connectivity index (χ0) is 22.2. The highest BCUT2D eigenvalue weighted by Gasteiger charge is 2.20. The number of nitrogens with zero attached hydrogens (tertiary/aromatic N) is 3. The summed E-state index contributed by atoms with van der Waals surface area (Å²) in [6, 6.07) is 14.1. The quantitative estimate of drug-likeness (QED) is 0.261. The first-order valence-corrected chi connectivity index (χ1v) is 11.9. The maximum Gasteiger partial charge on any atom is 0.253 e. The van der Waals surface area contributed by atoms with E-state index in [0.717, 1.165) is 57.7 Å². The number of anilines is 3. The fraction of sp³-hybridized carbons (Fsp3) is 0.375. The van der Waals surface area contributed by atoms with Gasteiger partial charge in [0.15, 0.2) is 0 Å². The van der Waals surface area contributed by atoms with Gasteiger partial charge in [0.1, 0.15) is 11.4 Å². The summed E-state index contributed by atoms with van der Waals surface area (Å²) in [5.74, 6) is 0. The topological polar surface area (TPSA) is 77.6 Å². The van der Waals surface area contributed by atoms with E-state index in [1.54, 1.807) is 24.5 Å². The van der Waals surface area contributed by atoms with Crippen molar-refractivity contribution in [2.75, 3.05) is 49.9 Å². The minimum absolute atomic E-state index is 0.354. The molecule has 1 saturated heterocycles. The van der Waals surface area contributed by atoms with Crippen molar-refractivity contribution < 1.29 is 0 Å². The number of pyridine rings is 1. The van der Waals surface area contributed by atoms with E-state index in [2.05, 4.69) is 55.2 Å². The molecule has 3 aromatic rings. The predicted octanol–water partition coefficient (Wildman–Crippen LogP) is 3.33. The number of hydrogen-bond donors (Lipinski definition) is 2. The van der Waals surface area contributed by atoms with Crippen LogP contribution in [0.1, 0.15) is 19.3 Å². The van der Waals surface area contributed by atoms with E-state index in [1.165, 1.54) is 4.90 Å². The highest BCUT2D eigenvalue weighted by molar-refractivity contribution is 7.97. The van der Waals surface area contributed by atoms with Gasteiger partial charge in [-0.3, -0.25) is 14.6 Å². The van der Waals surface area contributed by atoms with E-state index in [-0.39, 0.29) is 0 Å². The van der Waals surface area contributed by atoms with Gasteiger partial charge in [-0.2, -0.15) is 0 Å². The SMILES string of the molecule is O=c1c(NCCCCCN2CCN(Sc3ccccc3)CC2)c(Nc2ccncc2)c1=O. The van der Waals surface area contributed by atoms with Gasteiger partial charge < -0.3 is 15.5 Å². The molecular weight excluding hydrogens is 422 g/mol. The van der Waals surface area contributed by atoms with E-state index < -0.39 is 10.9 Å². The molecule has 1 aliphatic rings. The number of unbranched alkanes of at least 4 members (excludes halogenated alkanes) is 2. The molecule has 2 heterocycles. The van der Waals surface area contributed by atoms with Crippen molar-refractivity contribution in [2.45, 2.75) is 24.2 Å². The molecule has 0 atom stereocenters. The summed E-state index contributed by atoms with van der Waals surface area (Å²) in [5, 5.41) is 6.16. The lowest BCUT2D eigenvalue weighted by Crippen LogP contribution is -2.43. The van der Waals surface area contributed by atoms with Gasteiger partial charge in [0.05, 0.1) is 0 Å². The van der Waals surface area contributed by atoms with E-state index >= 15 is 0 Å². The average molecular weight is 452 g/mol. The van der Waals surface area contributed by atoms with Crippen LogP contribution in [0.2, 0.25) is 0 Å². The Hall–Kier alpha value is -2.68. The predicted molar refractivity (Wildman–Crippen MR) is 132 cm³/mol. The number of piperazine rings is 1. The third kappa shape index (κ3) is 5.97. The molecule has 1 fully saturated rings. The molecule has 32 heavy (non-hydrogen) atoms. The molecule has 1 aliphatic heterocycles. The first-order chi connectivity index (χ1) is 15.7. The number of nitrogens with one attached hydrogen (secondary N) is 2. The maximum absolute atomic E-state index is 11.9. The zero-order valence-electron chi connectivity index (χ0n) is 18.1. The summed E-state index contributed by atoms with van der Waals surface area (Å²) < 4.78 is 2.44. The molecule has 0 aliphatic carbocycles. The van der Waals surface area contributed by atoms with Crippen LogP contribution in [-0.4, -0.2) is 53.5 Å². The van der Waals surface area contributed by atoms with Crippen LogP contribution in [0.5, 0.6) is 0 Å². The molecule has 2 aromatic carbocycles. The Bertz CT molecular complexity index is 1050. The van der Waals surface area contributed by atoms with Crippen molar-refractivity contribution in [3.05, 3.63) is 75.3 Å². The Morgan fingerprint density at radius 3 is 2.31 bits per heavy atom. The van der Waals surface area contributed by atoms with Crippen LogP contribution in [0.3, 0.4) is 0 Å². The minimum Gasteiger partial charge on any atom is -0.380 e. The first kappa shape index (κ1) is 22.5. The van der Waals surface area contributed by atoms with Gasteiger partial charge in [-0.05, 0) is 55.6 Å². The fourth-order valence-electron chi connectivity index (χ4n) is 3.78. The van der Waals surface area contributed by atoms with Gasteiger partial charge in [-0.25, -0.2) is 4.31 Å². The van der Waals surface area contributed by atoms with E-state index in [1.807, 2.05) is 11.9 Å². The van der Waals surface area contributed by atoms with Gasteiger partial charge in [0.25, 0.3) is 10.9 Å². The summed E-state index contributed by atoms with van der Waals surface area (Å²) in [5.41, 5.74) is 0.602. The summed E-state index contributed by atoms with van der Waals surface area (Å²) >= 11 is 1.85. The summed E-state index contributed by atoms with van der Waals surface area (Å²) in [4.78, 5) is 31.6. The number of aromatic nitrogens is 1. The molecule has 0 spiro atoms. The van der Waals surface area contributed by atoms with Gasteiger partial charge in [-0.1, -0.05) is 24.6 Å². The second-order valence-corrected chi connectivity index (χ2v) is 9.10. The number of rotatable bonds is 11. The molecule has 0 radical (unpaired) electrons. The maximum atomic E-state index is 11.9. The molecule has 1 aromatic heterocycles. The van der Waals surface area contributed by atoms with Crippen LogP contribution < -0.4 is 21.5 Å². The second kappa shape index (κ2) is 11.3. The standard InChI is InChI=1S/C24H29N5O2S/c30-23-21(22(24(23)31)27-19-9-12-25-13-10-19)26-11-5-2-6-14-28-15-17-29(18-16-28)32-20-7-3-1-4-8-20/h1,3-4,7-10,12-13,26H,2,5-6,11,14-18H2,(H,25,27). The third-order valence-electron chi connectivity index (χ3n) is 5.62. The molecule has 4 rings (SSSR count). The van der Waals surface area contributed by atoms with Gasteiger partial charge in [-0.15, -0.1) is 0 Å². The molecule has 0 amide bonds. The van der Waals surface area contributed by atoms with Crippen molar-refractivity contribution in [1.82, 2.24) is 14.2 Å². The Kier molecular flexibility index (Phi) is 7.92. The van der Waals surface area contributed by atoms with Crippen molar-refractivity contribution in [1.29, 1.82) is 0 Å². The number of benzene rings is 1. The molecule has 2 N–H and O–H groups in total. The number of hydrogen-bond acceptors (Lipinski definition) is 8. The lowest BCUT2D eigenvalue weighted by atomic mass is 10.1. The lowest BCUT2D eigenvalue weighted by molar-refractivity contribution is 0.193. The Morgan fingerprint density at radius 2 is 1.56 bits per heavy atom. The van der Waals surface area contributed by atoms with Gasteiger partial charge in [0.2, 0.25) is 0 Å². The van der Waals surface area contributed by atoms with Gasteiger partial charge in [0, 0.05) is 55.7 Å². The zero-order valence-corrected chi connectivity index (χ0v) is 18.9. The molecule has 168 valence electrons. The normalized spacial score (nSPS) is 15.1. The third-order valence-corrected chi connectivity index (χ3v) is 6.73. The summed E-state index contributed by atoms with van der Waals surface area (Å²) in [6.45, 7) is 6.17. The van der Waals surface area contributed by atoms with Crippen molar-refractivity contribution in [2.24, 2.45) is 0 Å². The van der Waals surface area contributed by atoms with Crippen molar-refractivity contribution >= 4 is 29.0 Å². The largest absolute Gasteiger partial charge is 0.380 e. The Labute approximate surface area is 192 Å². The monoisotopic (exact) mass is 451 g/mol. The van der Waals surface area contributed by atoms with Gasteiger partial charge >= 0.3 is 0 Å². The summed E-state index contributed by atoms with van der Waals surface area (Å²) in [6.07, 6.45) is 6.49. The Morgan fingerprint density at radius 1 is 0.844 bits per heavy atom. The second-order valence-electron chi connectivity index (χ2n) is 7.93. The van der Waals surface area contributed by atoms with E-state index in [4.69, 9.17) is 0 Å². The van der Waals surface area contributed by atoms with Crippen molar-refractivity contribution in [3.8, 4) is 0 Å². The molecular formula is C24H29N5O2S. The molecule has 0 unspecified atom stereocenters. The fourth-order valence-corrected chi connectivity index (χ4v) is 4.71. The molecule has 0 saturated carbocycles. The summed E-state index contributed by atoms with van der Waals surface area (Å²) in [7, 11) is 0. The smallest absolute Gasteiger partial charge is 0.253 e. The van der Waals surface area contributed by atoms with Crippen LogP contribution in [-0.2, 0) is 0 Å². The molecule has 0 bridgehead atoms. The van der Waals surface area contributed by atoms with E-state index in [0.29, 0.717) is 17.9 Å². The van der Waals surface area contributed by atoms with E-state index in [9.17, 15) is 9.59 Å². The highest BCUT2D eigenvalue weighted by atomic mass is 32.2. The Balaban J connectivity index is 1.10. The molecule has 8 heteroatoms. The first-order valence-electron chi connectivity index (χ1n) is 11.2. The van der Waals surface area contributed by atoms with Crippen molar-refractivity contribution in [3.63, 3.8) is 0 Å². The van der Waals surface area contributed by atoms with Crippen LogP contribution in [0.4, 0.5) is 17.1 Å². The van der Waals surface area contributed by atoms with Crippen LogP contribution in [0.25, 0.3) is 0 Å². The average Bonchev–Trinajstić information content (AvgIpc) is 2.84.